The van der Waals surface area contributed by atoms with Gasteiger partial charge in [0.25, 0.3) is 0 Å². The normalized spacial score (nSPS) is 22.5. The van der Waals surface area contributed by atoms with E-state index in [-0.39, 0.29) is 54.2 Å². The monoisotopic (exact) mass is 899 g/mol. The lowest BCUT2D eigenvalue weighted by molar-refractivity contribution is 0.0122. The van der Waals surface area contributed by atoms with E-state index >= 15 is 8.78 Å². The third kappa shape index (κ3) is 8.41. The lowest BCUT2D eigenvalue weighted by Gasteiger charge is -2.42. The molecule has 0 aliphatic carbocycles. The van der Waals surface area contributed by atoms with Crippen molar-refractivity contribution in [3.63, 3.8) is 0 Å². The van der Waals surface area contributed by atoms with Gasteiger partial charge < -0.3 is 23.8 Å². The summed E-state index contributed by atoms with van der Waals surface area (Å²) in [5, 5.41) is 1.57. The van der Waals surface area contributed by atoms with Crippen molar-refractivity contribution < 1.29 is 36.9 Å². The number of ether oxygens (including phenoxy) is 4. The number of carbonyl (C=O) groups is 1. The van der Waals surface area contributed by atoms with Gasteiger partial charge in [-0.15, -0.1) is 5.54 Å². The standard InChI is InChI=1S/C50H64F3N5O5Si/c1-30(2)64(31(3)4,32(5)6)21-18-39-42(52)17-12-33-22-37(62-29-60-10)23-41(43(33)39)38-15-16-40-45(44(38)53)54-47(61-28-50-19-11-20-57(50)25-34(51)24-50)55-46(40)56-26-35-13-14-36(27-56)58(35)48(59)63-49(7,8)9/h12,15-17,22-23,30-32,34-36H,11,13-14,19-20,24-29H2,1-10H3/t34-,35?,36?,50+/m1/s1. The number of anilines is 1. The van der Waals surface area contributed by atoms with Gasteiger partial charge in [-0.1, -0.05) is 59.6 Å². The van der Waals surface area contributed by atoms with Crippen molar-refractivity contribution in [2.75, 3.05) is 51.6 Å². The van der Waals surface area contributed by atoms with Gasteiger partial charge in [-0.25, -0.2) is 18.0 Å². The second kappa shape index (κ2) is 17.7. The number of alkyl halides is 1. The van der Waals surface area contributed by atoms with E-state index in [1.165, 1.54) is 13.2 Å². The highest BCUT2D eigenvalue weighted by molar-refractivity contribution is 6.90. The molecule has 4 aliphatic heterocycles. The molecule has 0 saturated carbocycles. The highest BCUT2D eigenvalue weighted by Crippen LogP contribution is 2.45. The number of amides is 1. The van der Waals surface area contributed by atoms with Gasteiger partial charge in [0.15, 0.2) is 12.6 Å². The lowest BCUT2D eigenvalue weighted by Crippen LogP contribution is -2.57. The predicted molar refractivity (Wildman–Crippen MR) is 248 cm³/mol. The fourth-order valence-corrected chi connectivity index (χ4v) is 16.7. The number of halogens is 3. The second-order valence-corrected chi connectivity index (χ2v) is 26.0. The van der Waals surface area contributed by atoms with Crippen LogP contribution >= 0.6 is 0 Å². The van der Waals surface area contributed by atoms with Crippen molar-refractivity contribution in [1.29, 1.82) is 0 Å². The molecule has 64 heavy (non-hydrogen) atoms. The van der Waals surface area contributed by atoms with Crippen LogP contribution in [-0.2, 0) is 9.47 Å². The van der Waals surface area contributed by atoms with Gasteiger partial charge in [-0.2, -0.15) is 9.97 Å². The molecule has 2 bridgehead atoms. The Morgan fingerprint density at radius 2 is 1.64 bits per heavy atom. The van der Waals surface area contributed by atoms with E-state index in [2.05, 4.69) is 62.8 Å². The molecule has 4 aromatic rings. The molecule has 0 radical (unpaired) electrons. The second-order valence-electron chi connectivity index (χ2n) is 20.4. The first kappa shape index (κ1) is 46.0. The first-order valence-electron chi connectivity index (χ1n) is 23.1. The average molecular weight is 900 g/mol. The molecule has 0 spiro atoms. The molecule has 1 amide bonds. The SMILES string of the molecule is COCOc1cc(-c2ccc3c(N4CC5CCC(C4)N5C(=O)OC(C)(C)C)nc(OC[C@@]45CCCN4C[C@H](F)C5)nc3c2F)c2c(C#C[Si](C(C)C)(C(C)C)C(C)C)c(F)ccc2c1. The summed E-state index contributed by atoms with van der Waals surface area (Å²) in [5.41, 5.74) is 4.31. The zero-order valence-electron chi connectivity index (χ0n) is 39.1. The van der Waals surface area contributed by atoms with Gasteiger partial charge in [-0.3, -0.25) is 9.80 Å². The summed E-state index contributed by atoms with van der Waals surface area (Å²) in [5.74, 6) is 3.13. The van der Waals surface area contributed by atoms with Crippen molar-refractivity contribution in [2.45, 2.75) is 140 Å². The highest BCUT2D eigenvalue weighted by Gasteiger charge is 2.50. The van der Waals surface area contributed by atoms with E-state index in [9.17, 15) is 9.18 Å². The van der Waals surface area contributed by atoms with Crippen LogP contribution in [0.3, 0.4) is 0 Å². The number of nitrogens with zero attached hydrogens (tertiary/aromatic N) is 5. The molecular formula is C50H64F3N5O5Si. The molecule has 14 heteroatoms. The van der Waals surface area contributed by atoms with Crippen molar-refractivity contribution in [3.8, 4) is 34.4 Å². The van der Waals surface area contributed by atoms with Crippen LogP contribution in [0.4, 0.5) is 23.8 Å². The van der Waals surface area contributed by atoms with Crippen LogP contribution in [0, 0.1) is 23.1 Å². The molecule has 0 N–H and O–H groups in total. The average Bonchev–Trinajstić information content (AvgIpc) is 3.85. The minimum absolute atomic E-state index is 0.0130. The van der Waals surface area contributed by atoms with Crippen LogP contribution in [0.2, 0.25) is 16.6 Å². The zero-order valence-corrected chi connectivity index (χ0v) is 40.1. The Kier molecular flexibility index (Phi) is 12.7. The summed E-state index contributed by atoms with van der Waals surface area (Å²) in [6.07, 6.45) is 2.36. The third-order valence-corrected chi connectivity index (χ3v) is 20.6. The molecule has 10 nitrogen and oxygen atoms in total. The Morgan fingerprint density at radius 1 is 0.938 bits per heavy atom. The minimum atomic E-state index is -2.31. The fourth-order valence-electron chi connectivity index (χ4n) is 11.5. The van der Waals surface area contributed by atoms with Gasteiger partial charge in [0.1, 0.15) is 49.4 Å². The van der Waals surface area contributed by atoms with Crippen molar-refractivity contribution >= 4 is 41.7 Å². The predicted octanol–water partition coefficient (Wildman–Crippen LogP) is 10.8. The maximum absolute atomic E-state index is 17.9. The van der Waals surface area contributed by atoms with E-state index < -0.39 is 37.0 Å². The quantitative estimate of drug-likeness (QED) is 0.0829. The molecular weight excluding hydrogens is 836 g/mol. The van der Waals surface area contributed by atoms with Gasteiger partial charge >= 0.3 is 12.1 Å². The van der Waals surface area contributed by atoms with Crippen molar-refractivity contribution in [2.24, 2.45) is 0 Å². The maximum Gasteiger partial charge on any atom is 0.410 e. The fraction of sp³-hybridized carbons (Fsp3) is 0.580. The number of aromatic nitrogens is 2. The summed E-state index contributed by atoms with van der Waals surface area (Å²) in [4.78, 5) is 29.3. The van der Waals surface area contributed by atoms with E-state index in [1.54, 1.807) is 24.3 Å². The molecule has 4 aliphatic rings. The molecule has 4 atom stereocenters. The molecule has 8 rings (SSSR count). The molecule has 1 aromatic heterocycles. The summed E-state index contributed by atoms with van der Waals surface area (Å²) in [6.45, 7) is 21.0. The van der Waals surface area contributed by atoms with Gasteiger partial charge in [0.05, 0.1) is 23.2 Å². The molecule has 3 aromatic carbocycles. The Hall–Kier alpha value is -4.58. The summed E-state index contributed by atoms with van der Waals surface area (Å²) < 4.78 is 72.6. The Morgan fingerprint density at radius 3 is 2.30 bits per heavy atom. The van der Waals surface area contributed by atoms with E-state index in [0.29, 0.717) is 76.0 Å². The van der Waals surface area contributed by atoms with E-state index in [4.69, 9.17) is 28.9 Å². The number of methoxy groups -OCH3 is 1. The molecule has 344 valence electrons. The van der Waals surface area contributed by atoms with Crippen molar-refractivity contribution in [1.82, 2.24) is 19.8 Å². The minimum Gasteiger partial charge on any atom is -0.468 e. The van der Waals surface area contributed by atoms with Crippen LogP contribution in [0.5, 0.6) is 11.8 Å². The van der Waals surface area contributed by atoms with Crippen LogP contribution in [0.25, 0.3) is 32.8 Å². The van der Waals surface area contributed by atoms with Crippen molar-refractivity contribution in [3.05, 3.63) is 53.6 Å². The van der Waals surface area contributed by atoms with Gasteiger partial charge in [-0.05, 0) is 105 Å². The number of rotatable bonds is 11. The molecule has 5 heterocycles. The maximum atomic E-state index is 17.9. The molecule has 2 unspecified atom stereocenters. The Bertz CT molecular complexity index is 2450. The number of piperazine rings is 1. The van der Waals surface area contributed by atoms with Crippen LogP contribution in [0.15, 0.2) is 36.4 Å². The summed E-state index contributed by atoms with van der Waals surface area (Å²) >= 11 is 0. The van der Waals surface area contributed by atoms with Gasteiger partial charge in [0, 0.05) is 49.5 Å². The first-order chi connectivity index (χ1) is 30.4. The topological polar surface area (TPSA) is 89.5 Å². The summed E-state index contributed by atoms with van der Waals surface area (Å²) in [6, 6.07) is 9.80. The number of benzene rings is 3. The van der Waals surface area contributed by atoms with E-state index in [0.717, 1.165) is 32.2 Å². The number of fused-ring (bicyclic) bond motifs is 5. The highest BCUT2D eigenvalue weighted by atomic mass is 28.3. The zero-order chi connectivity index (χ0) is 45.9. The Labute approximate surface area is 377 Å². The molecule has 4 saturated heterocycles. The van der Waals surface area contributed by atoms with Crippen LogP contribution in [-0.4, -0.2) is 110 Å². The largest absolute Gasteiger partial charge is 0.468 e. The van der Waals surface area contributed by atoms with Gasteiger partial charge in [0.2, 0.25) is 0 Å². The number of hydrogen-bond acceptors (Lipinski definition) is 9. The summed E-state index contributed by atoms with van der Waals surface area (Å²) in [7, 11) is -0.788. The molecule has 4 fully saturated rings. The number of hydrogen-bond donors (Lipinski definition) is 0. The Balaban J connectivity index is 1.29. The third-order valence-electron chi connectivity index (χ3n) is 14.3. The lowest BCUT2D eigenvalue weighted by atomic mass is 9.93. The van der Waals surface area contributed by atoms with E-state index in [1.807, 2.05) is 31.7 Å². The van der Waals surface area contributed by atoms with Crippen LogP contribution < -0.4 is 14.4 Å². The smallest absolute Gasteiger partial charge is 0.410 e. The van der Waals surface area contributed by atoms with Crippen LogP contribution in [0.1, 0.15) is 100.0 Å². The first-order valence-corrected chi connectivity index (χ1v) is 25.3. The number of carbonyl (C=O) groups excluding carboxylic acids is 1.